The summed E-state index contributed by atoms with van der Waals surface area (Å²) in [6.07, 6.45) is 4.97. The van der Waals surface area contributed by atoms with Gasteiger partial charge >= 0.3 is 0 Å². The highest BCUT2D eigenvalue weighted by Gasteiger charge is 2.09. The van der Waals surface area contributed by atoms with Crippen LogP contribution in [0.2, 0.25) is 0 Å². The molecule has 2 N–H and O–H groups in total. The van der Waals surface area contributed by atoms with Crippen molar-refractivity contribution in [3.8, 4) is 11.1 Å². The molecule has 0 aliphatic heterocycles. The van der Waals surface area contributed by atoms with Gasteiger partial charge in [-0.25, -0.2) is 18.4 Å². The number of benzene rings is 4. The Morgan fingerprint density at radius 3 is 2.41 bits per heavy atom. The second-order valence-electron chi connectivity index (χ2n) is 10.3. The molecule has 0 unspecified atom stereocenters. The first-order valence-corrected chi connectivity index (χ1v) is 15.6. The van der Waals surface area contributed by atoms with Crippen LogP contribution in [0.1, 0.15) is 11.1 Å². The molecule has 0 saturated heterocycles. The Morgan fingerprint density at radius 2 is 1.61 bits per heavy atom. The van der Waals surface area contributed by atoms with E-state index in [1.165, 1.54) is 22.7 Å². The van der Waals surface area contributed by atoms with Crippen LogP contribution in [-0.4, -0.2) is 41.5 Å². The fraction of sp³-hybridized carbons (Fsp3) is 0.152. The smallest absolute Gasteiger partial charge is 0.148 e. The fourth-order valence-electron chi connectivity index (χ4n) is 4.97. The molecule has 2 aromatic heterocycles. The number of hydrogen-bond acceptors (Lipinski definition) is 6. The van der Waals surface area contributed by atoms with Crippen molar-refractivity contribution in [2.45, 2.75) is 13.1 Å². The van der Waals surface area contributed by atoms with Gasteiger partial charge in [-0.15, -0.1) is 0 Å². The topological polar surface area (TPSA) is 88.9 Å². The summed E-state index contributed by atoms with van der Waals surface area (Å²) in [5.41, 5.74) is 7.55. The maximum Gasteiger partial charge on any atom is 0.148 e. The molecule has 0 aliphatic carbocycles. The van der Waals surface area contributed by atoms with Crippen LogP contribution >= 0.6 is 0 Å². The molecular formula is C33H31N5O2S. The first-order chi connectivity index (χ1) is 19.9. The van der Waals surface area contributed by atoms with Gasteiger partial charge in [-0.2, -0.15) is 0 Å². The first kappa shape index (κ1) is 26.7. The normalized spacial score (nSPS) is 11.7. The van der Waals surface area contributed by atoms with Crippen molar-refractivity contribution in [3.63, 3.8) is 0 Å². The lowest BCUT2D eigenvalue weighted by atomic mass is 10.0. The van der Waals surface area contributed by atoms with Crippen LogP contribution in [-0.2, 0) is 22.9 Å². The Balaban J connectivity index is 1.16. The van der Waals surface area contributed by atoms with Crippen LogP contribution in [0.3, 0.4) is 0 Å². The summed E-state index contributed by atoms with van der Waals surface area (Å²) in [4.78, 5) is 9.07. The van der Waals surface area contributed by atoms with Gasteiger partial charge in [0.2, 0.25) is 0 Å². The molecule has 8 heteroatoms. The molecule has 6 aromatic rings. The molecule has 41 heavy (non-hydrogen) atoms. The monoisotopic (exact) mass is 561 g/mol. The Kier molecular flexibility index (Phi) is 7.50. The number of nitrogens with zero attached hydrogens (tertiary/aromatic N) is 3. The number of nitrogens with one attached hydrogen (secondary N) is 2. The predicted molar refractivity (Wildman–Crippen MR) is 167 cm³/mol. The van der Waals surface area contributed by atoms with E-state index >= 15 is 0 Å². The van der Waals surface area contributed by atoms with Crippen LogP contribution in [0.25, 0.3) is 32.9 Å². The molecule has 0 saturated carbocycles. The van der Waals surface area contributed by atoms with Crippen molar-refractivity contribution >= 4 is 43.1 Å². The SMILES string of the molecule is CS(=O)(=O)CCNCc1ccc(-c2ccc3c(Nc4ccc5c(ccn5Cc5ccccc5)c4)ncnc3c2)cc1. The van der Waals surface area contributed by atoms with E-state index in [4.69, 9.17) is 0 Å². The lowest BCUT2D eigenvalue weighted by Crippen LogP contribution is -2.21. The molecule has 0 spiro atoms. The molecule has 0 amide bonds. The summed E-state index contributed by atoms with van der Waals surface area (Å²) in [5, 5.41) is 8.79. The molecule has 7 nitrogen and oxygen atoms in total. The Morgan fingerprint density at radius 1 is 0.805 bits per heavy atom. The van der Waals surface area contributed by atoms with Gasteiger partial charge in [0, 0.05) is 54.1 Å². The lowest BCUT2D eigenvalue weighted by Gasteiger charge is -2.11. The van der Waals surface area contributed by atoms with Crippen molar-refractivity contribution in [2.24, 2.45) is 0 Å². The van der Waals surface area contributed by atoms with E-state index in [0.717, 1.165) is 45.6 Å². The van der Waals surface area contributed by atoms with Crippen LogP contribution < -0.4 is 10.6 Å². The third-order valence-corrected chi connectivity index (χ3v) is 8.08. The third-order valence-electron chi connectivity index (χ3n) is 7.13. The molecule has 0 atom stereocenters. The van der Waals surface area contributed by atoms with Crippen LogP contribution in [0.4, 0.5) is 11.5 Å². The quantitative estimate of drug-likeness (QED) is 0.194. The standard InChI is InChI=1S/C33H31N5O2S/c1-41(39,40)18-16-34-21-24-7-9-26(10-8-24)27-11-13-30-31(20-27)35-23-36-33(30)37-29-12-14-32-28(19-29)15-17-38(32)22-25-5-3-2-4-6-25/h2-15,17,19-20,23,34H,16,18,21-22H2,1H3,(H,35,36,37). The maximum atomic E-state index is 11.3. The van der Waals surface area contributed by atoms with Crippen LogP contribution in [0, 0.1) is 0 Å². The zero-order chi connectivity index (χ0) is 28.2. The highest BCUT2D eigenvalue weighted by Crippen LogP contribution is 2.29. The van der Waals surface area contributed by atoms with Gasteiger partial charge in [0.1, 0.15) is 22.0 Å². The van der Waals surface area contributed by atoms with E-state index in [1.54, 1.807) is 6.33 Å². The van der Waals surface area contributed by atoms with Gasteiger partial charge in [0.15, 0.2) is 0 Å². The minimum atomic E-state index is -2.96. The Labute approximate surface area is 239 Å². The van der Waals surface area contributed by atoms with Crippen molar-refractivity contribution < 1.29 is 8.42 Å². The minimum absolute atomic E-state index is 0.137. The molecule has 0 aliphatic rings. The molecule has 0 bridgehead atoms. The van der Waals surface area contributed by atoms with Gasteiger partial charge in [-0.05, 0) is 58.7 Å². The number of fused-ring (bicyclic) bond motifs is 2. The first-order valence-electron chi connectivity index (χ1n) is 13.5. The molecule has 0 fully saturated rings. The molecule has 206 valence electrons. The largest absolute Gasteiger partial charge is 0.343 e. The van der Waals surface area contributed by atoms with Gasteiger partial charge in [0.05, 0.1) is 11.3 Å². The van der Waals surface area contributed by atoms with E-state index in [1.807, 2.05) is 6.07 Å². The van der Waals surface area contributed by atoms with Gasteiger partial charge in [0.25, 0.3) is 0 Å². The maximum absolute atomic E-state index is 11.3. The van der Waals surface area contributed by atoms with E-state index in [-0.39, 0.29) is 5.75 Å². The number of anilines is 2. The molecule has 0 radical (unpaired) electrons. The summed E-state index contributed by atoms with van der Waals surface area (Å²) < 4.78 is 24.9. The molecule has 2 heterocycles. The van der Waals surface area contributed by atoms with Crippen molar-refractivity contribution in [2.75, 3.05) is 23.9 Å². The number of sulfone groups is 1. The van der Waals surface area contributed by atoms with Crippen molar-refractivity contribution in [1.82, 2.24) is 19.9 Å². The molecule has 6 rings (SSSR count). The highest BCUT2D eigenvalue weighted by molar-refractivity contribution is 7.90. The van der Waals surface area contributed by atoms with E-state index in [2.05, 4.69) is 122 Å². The second kappa shape index (κ2) is 11.5. The molecular weight excluding hydrogens is 530 g/mol. The lowest BCUT2D eigenvalue weighted by molar-refractivity contribution is 0.596. The van der Waals surface area contributed by atoms with E-state index < -0.39 is 9.84 Å². The van der Waals surface area contributed by atoms with Crippen LogP contribution in [0.15, 0.2) is 110 Å². The van der Waals surface area contributed by atoms with Crippen molar-refractivity contribution in [1.29, 1.82) is 0 Å². The van der Waals surface area contributed by atoms with Gasteiger partial charge < -0.3 is 15.2 Å². The Bertz CT molecular complexity index is 1920. The summed E-state index contributed by atoms with van der Waals surface area (Å²) in [6.45, 7) is 1.90. The summed E-state index contributed by atoms with van der Waals surface area (Å²) in [7, 11) is -2.96. The minimum Gasteiger partial charge on any atom is -0.343 e. The number of aromatic nitrogens is 3. The fourth-order valence-corrected chi connectivity index (χ4v) is 5.49. The van der Waals surface area contributed by atoms with Crippen molar-refractivity contribution in [3.05, 3.63) is 121 Å². The average Bonchev–Trinajstić information content (AvgIpc) is 3.37. The summed E-state index contributed by atoms with van der Waals surface area (Å²) in [6, 6.07) is 33.5. The van der Waals surface area contributed by atoms with Crippen LogP contribution in [0.5, 0.6) is 0 Å². The second-order valence-corrected chi connectivity index (χ2v) is 12.5. The summed E-state index contributed by atoms with van der Waals surface area (Å²) >= 11 is 0. The average molecular weight is 562 g/mol. The zero-order valence-corrected chi connectivity index (χ0v) is 23.6. The van der Waals surface area contributed by atoms with Gasteiger partial charge in [-0.3, -0.25) is 0 Å². The highest BCUT2D eigenvalue weighted by atomic mass is 32.2. The summed E-state index contributed by atoms with van der Waals surface area (Å²) in [5.74, 6) is 0.901. The van der Waals surface area contributed by atoms with E-state index in [9.17, 15) is 8.42 Å². The Hall–Kier alpha value is -4.53. The zero-order valence-electron chi connectivity index (χ0n) is 22.8. The predicted octanol–water partition coefficient (Wildman–Crippen LogP) is 6.18. The van der Waals surface area contributed by atoms with Gasteiger partial charge in [-0.1, -0.05) is 60.7 Å². The van der Waals surface area contributed by atoms with E-state index in [0.29, 0.717) is 13.1 Å². The number of hydrogen-bond donors (Lipinski definition) is 2. The third kappa shape index (κ3) is 6.45. The number of rotatable bonds is 10. The molecule has 4 aromatic carbocycles.